The Hall–Kier alpha value is -1.72. The van der Waals surface area contributed by atoms with E-state index in [1.165, 1.54) is 0 Å². The molecule has 0 saturated carbocycles. The van der Waals surface area contributed by atoms with Crippen LogP contribution in [-0.4, -0.2) is 42.3 Å². The molecule has 0 spiro atoms. The number of hydrogen-bond donors (Lipinski definition) is 1. The second kappa shape index (κ2) is 7.90. The summed E-state index contributed by atoms with van der Waals surface area (Å²) in [6.45, 7) is 10.2. The molecule has 24 heavy (non-hydrogen) atoms. The van der Waals surface area contributed by atoms with Gasteiger partial charge in [0.1, 0.15) is 18.5 Å². The zero-order valence-electron chi connectivity index (χ0n) is 14.5. The zero-order valence-corrected chi connectivity index (χ0v) is 14.5. The van der Waals surface area contributed by atoms with Crippen LogP contribution in [0, 0.1) is 11.8 Å². The highest BCUT2D eigenvalue weighted by atomic mass is 16.6. The van der Waals surface area contributed by atoms with Crippen molar-refractivity contribution in [2.24, 2.45) is 11.8 Å². The number of rotatable bonds is 4. The van der Waals surface area contributed by atoms with Gasteiger partial charge in [0.05, 0.1) is 12.0 Å². The summed E-state index contributed by atoms with van der Waals surface area (Å²) in [7, 11) is 0. The lowest BCUT2D eigenvalue weighted by Gasteiger charge is -2.31. The van der Waals surface area contributed by atoms with Crippen LogP contribution in [0.4, 0.5) is 0 Å². The van der Waals surface area contributed by atoms with Gasteiger partial charge in [-0.2, -0.15) is 0 Å². The molecular weight excluding hydrogens is 308 g/mol. The molecule has 5 nitrogen and oxygen atoms in total. The van der Waals surface area contributed by atoms with Crippen molar-refractivity contribution in [1.82, 2.24) is 0 Å². The molecular formula is C19H26O5. The fourth-order valence-electron chi connectivity index (χ4n) is 3.08. The minimum atomic E-state index is -1.12. The first-order valence-electron chi connectivity index (χ1n) is 8.37. The third-order valence-electron chi connectivity index (χ3n) is 4.39. The topological polar surface area (TPSA) is 72.8 Å². The van der Waals surface area contributed by atoms with E-state index in [0.29, 0.717) is 19.3 Å². The lowest BCUT2D eigenvalue weighted by atomic mass is 9.83. The summed E-state index contributed by atoms with van der Waals surface area (Å²) in [5.41, 5.74) is 1.63. The fraction of sp³-hybridized carbons (Fsp3) is 0.579. The molecule has 0 radical (unpaired) electrons. The Kier molecular flexibility index (Phi) is 6.13. The molecule has 1 aliphatic heterocycles. The van der Waals surface area contributed by atoms with E-state index in [2.05, 4.69) is 6.58 Å². The highest BCUT2D eigenvalue weighted by molar-refractivity contribution is 5.91. The van der Waals surface area contributed by atoms with Gasteiger partial charge in [0, 0.05) is 17.8 Å². The third kappa shape index (κ3) is 4.02. The van der Waals surface area contributed by atoms with Gasteiger partial charge < -0.3 is 14.6 Å². The molecule has 0 aromatic heterocycles. The lowest BCUT2D eigenvalue weighted by Crippen LogP contribution is -2.42. The van der Waals surface area contributed by atoms with Crippen molar-refractivity contribution in [3.8, 4) is 0 Å². The number of allylic oxidation sites excluding steroid dienone is 2. The largest absolute Gasteiger partial charge is 0.454 e. The Morgan fingerprint density at radius 2 is 2.21 bits per heavy atom. The summed E-state index contributed by atoms with van der Waals surface area (Å²) in [5.74, 6) is -0.740. The van der Waals surface area contributed by atoms with E-state index in [1.54, 1.807) is 6.08 Å². The molecule has 4 atom stereocenters. The minimum absolute atomic E-state index is 0.248. The monoisotopic (exact) mass is 334 g/mol. The zero-order chi connectivity index (χ0) is 17.9. The predicted octanol–water partition coefficient (Wildman–Crippen LogP) is 2.35. The summed E-state index contributed by atoms with van der Waals surface area (Å²) in [4.78, 5) is 23.4. The molecule has 1 N–H and O–H groups in total. The maximum absolute atomic E-state index is 12.0. The average Bonchev–Trinajstić information content (AvgIpc) is 2.78. The number of ether oxygens (including phenoxy) is 2. The first-order valence-corrected chi connectivity index (χ1v) is 8.37. The molecule has 132 valence electrons. The van der Waals surface area contributed by atoms with Crippen LogP contribution in [0.5, 0.6) is 0 Å². The van der Waals surface area contributed by atoms with Gasteiger partial charge in [-0.15, -0.1) is 0 Å². The smallest absolute Gasteiger partial charge is 0.334 e. The Bertz CT molecular complexity index is 572. The lowest BCUT2D eigenvalue weighted by molar-refractivity contribution is -0.138. The van der Waals surface area contributed by atoms with Gasteiger partial charge in [-0.25, -0.2) is 4.79 Å². The van der Waals surface area contributed by atoms with Crippen LogP contribution in [0.15, 0.2) is 35.5 Å². The van der Waals surface area contributed by atoms with Crippen molar-refractivity contribution in [2.75, 3.05) is 6.61 Å². The van der Waals surface area contributed by atoms with Crippen LogP contribution in [-0.2, 0) is 19.1 Å². The van der Waals surface area contributed by atoms with E-state index < -0.39 is 30.2 Å². The number of aliphatic hydroxyl groups excluding tert-OH is 1. The van der Waals surface area contributed by atoms with Crippen LogP contribution in [0.2, 0.25) is 0 Å². The van der Waals surface area contributed by atoms with Gasteiger partial charge >= 0.3 is 5.97 Å². The van der Waals surface area contributed by atoms with Crippen molar-refractivity contribution in [3.63, 3.8) is 0 Å². The summed E-state index contributed by atoms with van der Waals surface area (Å²) >= 11 is 0. The molecule has 1 aliphatic carbocycles. The van der Waals surface area contributed by atoms with Crippen LogP contribution >= 0.6 is 0 Å². The Morgan fingerprint density at radius 1 is 1.50 bits per heavy atom. The Balaban J connectivity index is 2.44. The fourth-order valence-corrected chi connectivity index (χ4v) is 3.08. The van der Waals surface area contributed by atoms with Crippen LogP contribution in [0.1, 0.15) is 33.6 Å². The van der Waals surface area contributed by atoms with Crippen LogP contribution in [0.25, 0.3) is 0 Å². The minimum Gasteiger partial charge on any atom is -0.454 e. The summed E-state index contributed by atoms with van der Waals surface area (Å²) < 4.78 is 11.3. The molecule has 0 amide bonds. The number of carbonyl (C=O) groups excluding carboxylic acids is 2. The van der Waals surface area contributed by atoms with Gasteiger partial charge in [0.2, 0.25) is 0 Å². The number of carbonyl (C=O) groups is 2. The van der Waals surface area contributed by atoms with Crippen LogP contribution < -0.4 is 0 Å². The Morgan fingerprint density at radius 3 is 2.83 bits per heavy atom. The highest BCUT2D eigenvalue weighted by Crippen LogP contribution is 2.36. The molecule has 2 aliphatic rings. The normalized spacial score (nSPS) is 31.2. The molecule has 1 saturated heterocycles. The molecule has 1 fully saturated rings. The highest BCUT2D eigenvalue weighted by Gasteiger charge is 2.46. The number of esters is 1. The second-order valence-electron chi connectivity index (χ2n) is 6.93. The van der Waals surface area contributed by atoms with Crippen molar-refractivity contribution in [2.45, 2.75) is 51.9 Å². The Labute approximate surface area is 143 Å². The molecule has 5 heteroatoms. The van der Waals surface area contributed by atoms with Crippen molar-refractivity contribution in [3.05, 3.63) is 35.5 Å². The van der Waals surface area contributed by atoms with Crippen molar-refractivity contribution >= 4 is 12.3 Å². The van der Waals surface area contributed by atoms with Crippen LogP contribution in [0.3, 0.4) is 0 Å². The van der Waals surface area contributed by atoms with Gasteiger partial charge in [0.15, 0.2) is 0 Å². The number of fused-ring (bicyclic) bond motifs is 1. The first-order chi connectivity index (χ1) is 11.3. The van der Waals surface area contributed by atoms with Gasteiger partial charge in [0.25, 0.3) is 0 Å². The van der Waals surface area contributed by atoms with E-state index in [1.807, 2.05) is 26.8 Å². The third-order valence-corrected chi connectivity index (χ3v) is 4.39. The number of hydrogen-bond acceptors (Lipinski definition) is 5. The molecule has 0 bridgehead atoms. The number of aldehydes is 1. The van der Waals surface area contributed by atoms with E-state index in [9.17, 15) is 14.7 Å². The quantitative estimate of drug-likeness (QED) is 0.370. The number of aliphatic hydroxyl groups is 1. The molecule has 0 aromatic carbocycles. The van der Waals surface area contributed by atoms with E-state index in [4.69, 9.17) is 9.47 Å². The predicted molar refractivity (Wildman–Crippen MR) is 90.2 cm³/mol. The maximum atomic E-state index is 12.0. The first kappa shape index (κ1) is 18.6. The maximum Gasteiger partial charge on any atom is 0.334 e. The van der Waals surface area contributed by atoms with E-state index >= 15 is 0 Å². The van der Waals surface area contributed by atoms with E-state index in [0.717, 1.165) is 12.0 Å². The molecule has 0 aromatic rings. The average molecular weight is 334 g/mol. The van der Waals surface area contributed by atoms with Crippen molar-refractivity contribution in [1.29, 1.82) is 0 Å². The summed E-state index contributed by atoms with van der Waals surface area (Å²) in [5, 5.41) is 10.7. The molecule has 4 unspecified atom stereocenters. The SMILES string of the molecule is C=C1C(=O)OC2C=C(C)CCC=C(C=O)C(O)C(OCC(C)C)C12. The van der Waals surface area contributed by atoms with Gasteiger partial charge in [-0.05, 0) is 31.8 Å². The van der Waals surface area contributed by atoms with Gasteiger partial charge in [-0.1, -0.05) is 32.1 Å². The molecule has 1 heterocycles. The molecule has 2 rings (SSSR count). The van der Waals surface area contributed by atoms with E-state index in [-0.39, 0.29) is 17.1 Å². The standard InChI is InChI=1S/C19H26O5/c1-11(2)10-23-18-16-13(4)19(22)24-15(16)8-12(3)6-5-7-14(9-20)17(18)21/h7-9,11,15-18,21H,4-6,10H2,1-3H3. The summed E-state index contributed by atoms with van der Waals surface area (Å²) in [6, 6.07) is 0. The second-order valence-corrected chi connectivity index (χ2v) is 6.93. The summed E-state index contributed by atoms with van der Waals surface area (Å²) in [6.07, 6.45) is 3.27. The van der Waals surface area contributed by atoms with Gasteiger partial charge in [-0.3, -0.25) is 4.79 Å². The van der Waals surface area contributed by atoms with Crippen molar-refractivity contribution < 1.29 is 24.2 Å².